The first-order valence-electron chi connectivity index (χ1n) is 11.8. The van der Waals surface area contributed by atoms with Gasteiger partial charge in [-0.25, -0.2) is 0 Å². The number of allylic oxidation sites excluding steroid dienone is 2. The van der Waals surface area contributed by atoms with Crippen molar-refractivity contribution in [2.45, 2.75) is 51.4 Å². The smallest absolute Gasteiger partial charge is 0.144 e. The summed E-state index contributed by atoms with van der Waals surface area (Å²) in [6, 6.07) is 24.7. The molecule has 1 aliphatic carbocycles. The highest BCUT2D eigenvalue weighted by Gasteiger charge is 2.32. The van der Waals surface area contributed by atoms with Crippen LogP contribution in [0.3, 0.4) is 0 Å². The zero-order valence-corrected chi connectivity index (χ0v) is 20.4. The van der Waals surface area contributed by atoms with E-state index in [0.717, 1.165) is 23.1 Å². The third kappa shape index (κ3) is 4.54. The van der Waals surface area contributed by atoms with Crippen molar-refractivity contribution < 1.29 is 5.11 Å². The molecule has 0 aliphatic heterocycles. The van der Waals surface area contributed by atoms with E-state index in [-0.39, 0.29) is 11.2 Å². The van der Waals surface area contributed by atoms with E-state index in [1.165, 1.54) is 5.56 Å². The molecular formula is C30H33N3O. The van der Waals surface area contributed by atoms with Crippen LogP contribution in [-0.2, 0) is 10.8 Å². The van der Waals surface area contributed by atoms with Crippen molar-refractivity contribution in [3.05, 3.63) is 107 Å². The molecular weight excluding hydrogens is 418 g/mol. The first-order valence-corrected chi connectivity index (χ1v) is 11.8. The number of aromatic hydroxyl groups is 1. The molecule has 3 aromatic rings. The second kappa shape index (κ2) is 9.30. The second-order valence-corrected chi connectivity index (χ2v) is 9.93. The third-order valence-corrected chi connectivity index (χ3v) is 6.94. The number of nitrogens with zero attached hydrogens (tertiary/aromatic N) is 1. The summed E-state index contributed by atoms with van der Waals surface area (Å²) in [5, 5.41) is 24.1. The first kappa shape index (κ1) is 23.5. The van der Waals surface area contributed by atoms with Crippen LogP contribution in [0.2, 0.25) is 0 Å². The lowest BCUT2D eigenvalue weighted by Gasteiger charge is -2.32. The van der Waals surface area contributed by atoms with Gasteiger partial charge in [-0.3, -0.25) is 5.43 Å². The molecule has 0 heterocycles. The molecule has 0 amide bonds. The van der Waals surface area contributed by atoms with Gasteiger partial charge in [0.15, 0.2) is 0 Å². The summed E-state index contributed by atoms with van der Waals surface area (Å²) in [7, 11) is 0. The highest BCUT2D eigenvalue weighted by atomic mass is 16.3. The van der Waals surface area contributed by atoms with Crippen molar-refractivity contribution >= 4 is 17.1 Å². The van der Waals surface area contributed by atoms with E-state index in [1.807, 2.05) is 42.5 Å². The van der Waals surface area contributed by atoms with Crippen LogP contribution in [0.1, 0.15) is 62.8 Å². The summed E-state index contributed by atoms with van der Waals surface area (Å²) in [5.41, 5.74) is 8.22. The van der Waals surface area contributed by atoms with Gasteiger partial charge in [-0.1, -0.05) is 101 Å². The van der Waals surface area contributed by atoms with Gasteiger partial charge in [-0.2, -0.15) is 5.10 Å². The van der Waals surface area contributed by atoms with Gasteiger partial charge in [0.25, 0.3) is 0 Å². The average molecular weight is 452 g/mol. The Hall–Kier alpha value is -3.66. The lowest BCUT2D eigenvalue weighted by Crippen LogP contribution is -2.24. The van der Waals surface area contributed by atoms with Crippen LogP contribution in [0, 0.1) is 5.41 Å². The largest absolute Gasteiger partial charge is 0.505 e. The van der Waals surface area contributed by atoms with Crippen LogP contribution in [-0.4, -0.2) is 16.5 Å². The van der Waals surface area contributed by atoms with E-state index < -0.39 is 5.41 Å². The monoisotopic (exact) mass is 451 g/mol. The van der Waals surface area contributed by atoms with Gasteiger partial charge in [0.1, 0.15) is 11.5 Å². The summed E-state index contributed by atoms with van der Waals surface area (Å²) < 4.78 is 0. The normalized spacial score (nSPS) is 15.5. The van der Waals surface area contributed by atoms with Crippen LogP contribution in [0.25, 0.3) is 0 Å². The van der Waals surface area contributed by atoms with Crippen molar-refractivity contribution in [2.24, 2.45) is 5.10 Å². The number of rotatable bonds is 6. The van der Waals surface area contributed by atoms with Gasteiger partial charge in [0, 0.05) is 16.4 Å². The Kier molecular flexibility index (Phi) is 6.43. The van der Waals surface area contributed by atoms with E-state index in [9.17, 15) is 5.11 Å². The molecule has 0 aromatic heterocycles. The number of hydrogen-bond acceptors (Lipinski definition) is 4. The fourth-order valence-electron chi connectivity index (χ4n) is 4.47. The molecule has 4 rings (SSSR count). The number of anilines is 1. The van der Waals surface area contributed by atoms with Crippen molar-refractivity contribution in [1.82, 2.24) is 0 Å². The van der Waals surface area contributed by atoms with Crippen molar-refractivity contribution in [2.75, 3.05) is 5.43 Å². The molecule has 34 heavy (non-hydrogen) atoms. The molecule has 0 saturated heterocycles. The maximum Gasteiger partial charge on any atom is 0.144 e. The lowest BCUT2D eigenvalue weighted by atomic mass is 9.72. The molecule has 0 atom stereocenters. The maximum absolute atomic E-state index is 11.4. The van der Waals surface area contributed by atoms with Crippen molar-refractivity contribution in [1.29, 1.82) is 5.41 Å². The Morgan fingerprint density at radius 3 is 2.00 bits per heavy atom. The van der Waals surface area contributed by atoms with Gasteiger partial charge in [-0.15, -0.1) is 0 Å². The van der Waals surface area contributed by atoms with Gasteiger partial charge in [0.2, 0.25) is 0 Å². The van der Waals surface area contributed by atoms with Crippen LogP contribution in [0.4, 0.5) is 5.69 Å². The molecule has 0 spiro atoms. The number of hydrogen-bond donors (Lipinski definition) is 3. The summed E-state index contributed by atoms with van der Waals surface area (Å²) in [4.78, 5) is 0. The quantitative estimate of drug-likeness (QED) is 0.274. The molecule has 0 saturated carbocycles. The molecule has 4 heteroatoms. The van der Waals surface area contributed by atoms with Gasteiger partial charge in [-0.05, 0) is 41.7 Å². The zero-order chi connectivity index (χ0) is 24.3. The first-order chi connectivity index (χ1) is 16.2. The Balaban J connectivity index is 1.87. The lowest BCUT2D eigenvalue weighted by molar-refractivity contribution is 0.453. The minimum Gasteiger partial charge on any atom is -0.505 e. The van der Waals surface area contributed by atoms with Gasteiger partial charge >= 0.3 is 0 Å². The molecule has 3 aromatic carbocycles. The fraction of sp³-hybridized carbons (Fsp3) is 0.267. The number of benzene rings is 3. The maximum atomic E-state index is 11.4. The molecule has 1 aliphatic rings. The predicted molar refractivity (Wildman–Crippen MR) is 142 cm³/mol. The standard InChI is InChI=1S/C30H33N3O/c1-29(2,21-13-7-5-8-14-21)23-19-24(30(3,4)22-15-9-6-10-16-22)28(34)27(20-23)33-32-26-18-12-11-17-25(26)31/h5-10,12-16,18-20,31,33-34H,11,17H2,1-4H3. The summed E-state index contributed by atoms with van der Waals surface area (Å²) >= 11 is 0. The SMILES string of the molecule is CC(C)(c1ccccc1)c1cc(NN=C2C=CCCC2=N)c(O)c(C(C)(C)c2ccccc2)c1. The summed E-state index contributed by atoms with van der Waals surface area (Å²) in [6.07, 6.45) is 5.43. The number of phenolic OH excluding ortho intramolecular Hbond substituents is 1. The highest BCUT2D eigenvalue weighted by Crippen LogP contribution is 2.44. The van der Waals surface area contributed by atoms with E-state index in [1.54, 1.807) is 0 Å². The Labute approximate surface area is 202 Å². The summed E-state index contributed by atoms with van der Waals surface area (Å²) in [5.74, 6) is 0.178. The van der Waals surface area contributed by atoms with E-state index in [0.29, 0.717) is 23.5 Å². The van der Waals surface area contributed by atoms with Gasteiger partial charge in [0.05, 0.1) is 11.4 Å². The van der Waals surface area contributed by atoms with Gasteiger partial charge < -0.3 is 10.5 Å². The second-order valence-electron chi connectivity index (χ2n) is 9.93. The fourth-order valence-corrected chi connectivity index (χ4v) is 4.47. The predicted octanol–water partition coefficient (Wildman–Crippen LogP) is 7.18. The molecule has 0 fully saturated rings. The molecule has 4 nitrogen and oxygen atoms in total. The minimum absolute atomic E-state index is 0.178. The van der Waals surface area contributed by atoms with Crippen LogP contribution in [0.5, 0.6) is 5.75 Å². The Bertz CT molecular complexity index is 1240. The average Bonchev–Trinajstić information content (AvgIpc) is 2.85. The van der Waals surface area contributed by atoms with E-state index >= 15 is 0 Å². The third-order valence-electron chi connectivity index (χ3n) is 6.94. The summed E-state index contributed by atoms with van der Waals surface area (Å²) in [6.45, 7) is 8.66. The van der Waals surface area contributed by atoms with Crippen LogP contribution < -0.4 is 5.43 Å². The molecule has 0 unspecified atom stereocenters. The van der Waals surface area contributed by atoms with E-state index in [4.69, 9.17) is 5.41 Å². The topological polar surface area (TPSA) is 68.5 Å². The Morgan fingerprint density at radius 2 is 1.41 bits per heavy atom. The molecule has 0 bridgehead atoms. The van der Waals surface area contributed by atoms with Crippen molar-refractivity contribution in [3.8, 4) is 5.75 Å². The number of nitrogens with one attached hydrogen (secondary N) is 2. The number of hydrazone groups is 1. The molecule has 174 valence electrons. The minimum atomic E-state index is -0.435. The number of phenols is 1. The molecule has 0 radical (unpaired) electrons. The Morgan fingerprint density at radius 1 is 0.824 bits per heavy atom. The molecule has 3 N–H and O–H groups in total. The van der Waals surface area contributed by atoms with Crippen LogP contribution in [0.15, 0.2) is 90.0 Å². The van der Waals surface area contributed by atoms with Crippen LogP contribution >= 0.6 is 0 Å². The zero-order valence-electron chi connectivity index (χ0n) is 20.4. The van der Waals surface area contributed by atoms with Crippen molar-refractivity contribution in [3.63, 3.8) is 0 Å². The van der Waals surface area contributed by atoms with E-state index in [2.05, 4.69) is 80.7 Å². The highest BCUT2D eigenvalue weighted by molar-refractivity contribution is 6.46.